The van der Waals surface area contributed by atoms with Gasteiger partial charge in [0, 0.05) is 12.7 Å². The summed E-state index contributed by atoms with van der Waals surface area (Å²) in [4.78, 5) is 12.1. The molecule has 0 aliphatic heterocycles. The number of ether oxygens (including phenoxy) is 2. The molecule has 0 aliphatic rings. The standard InChI is InChI=1S/C18H20O5S/c1-22-17-8-6-14(7-9-17)10-11-23-18(19)16-5-3-4-15(12-16)13-24(2,20)21/h3-9,12H,10-11,13H2,1-2H3. The topological polar surface area (TPSA) is 69.7 Å². The van der Waals surface area contributed by atoms with Crippen molar-refractivity contribution in [3.8, 4) is 5.75 Å². The third kappa shape index (κ3) is 5.70. The van der Waals surface area contributed by atoms with E-state index in [0.29, 0.717) is 17.5 Å². The lowest BCUT2D eigenvalue weighted by Gasteiger charge is -2.07. The maximum atomic E-state index is 12.1. The molecule has 0 unspecified atom stereocenters. The Morgan fingerprint density at radius 1 is 1.04 bits per heavy atom. The Morgan fingerprint density at radius 2 is 1.75 bits per heavy atom. The van der Waals surface area contributed by atoms with Gasteiger partial charge in [0.25, 0.3) is 0 Å². The summed E-state index contributed by atoms with van der Waals surface area (Å²) in [6.07, 6.45) is 1.76. The second-order valence-electron chi connectivity index (χ2n) is 5.50. The van der Waals surface area contributed by atoms with Crippen LogP contribution in [0, 0.1) is 0 Å². The number of methoxy groups -OCH3 is 1. The molecule has 0 aliphatic carbocycles. The molecule has 0 radical (unpaired) electrons. The maximum absolute atomic E-state index is 12.1. The lowest BCUT2D eigenvalue weighted by Crippen LogP contribution is -2.09. The monoisotopic (exact) mass is 348 g/mol. The van der Waals surface area contributed by atoms with Gasteiger partial charge in [-0.15, -0.1) is 0 Å². The molecule has 6 heteroatoms. The SMILES string of the molecule is COc1ccc(CCOC(=O)c2cccc(CS(C)(=O)=O)c2)cc1. The van der Waals surface area contributed by atoms with Gasteiger partial charge >= 0.3 is 5.97 Å². The van der Waals surface area contributed by atoms with E-state index in [2.05, 4.69) is 0 Å². The molecule has 0 N–H and O–H groups in total. The fourth-order valence-electron chi connectivity index (χ4n) is 2.23. The van der Waals surface area contributed by atoms with E-state index >= 15 is 0 Å². The Kier molecular flexibility index (Phi) is 5.98. The van der Waals surface area contributed by atoms with Crippen LogP contribution in [-0.4, -0.2) is 34.4 Å². The lowest BCUT2D eigenvalue weighted by molar-refractivity contribution is 0.0509. The molecule has 0 fully saturated rings. The van der Waals surface area contributed by atoms with Crippen LogP contribution in [0.5, 0.6) is 5.75 Å². The van der Waals surface area contributed by atoms with Gasteiger partial charge in [-0.3, -0.25) is 0 Å². The lowest BCUT2D eigenvalue weighted by atomic mass is 10.1. The van der Waals surface area contributed by atoms with Crippen molar-refractivity contribution in [1.82, 2.24) is 0 Å². The zero-order valence-corrected chi connectivity index (χ0v) is 14.5. The van der Waals surface area contributed by atoms with Crippen molar-refractivity contribution in [2.45, 2.75) is 12.2 Å². The minimum Gasteiger partial charge on any atom is -0.497 e. The van der Waals surface area contributed by atoms with Gasteiger partial charge in [0.1, 0.15) is 5.75 Å². The van der Waals surface area contributed by atoms with E-state index in [1.165, 1.54) is 0 Å². The first-order valence-electron chi connectivity index (χ1n) is 7.44. The Balaban J connectivity index is 1.91. The van der Waals surface area contributed by atoms with Crippen LogP contribution in [0.1, 0.15) is 21.5 Å². The van der Waals surface area contributed by atoms with Gasteiger partial charge in [0.2, 0.25) is 0 Å². The van der Waals surface area contributed by atoms with Crippen LogP contribution in [0.15, 0.2) is 48.5 Å². The molecule has 2 aromatic rings. The second-order valence-corrected chi connectivity index (χ2v) is 7.64. The normalized spacial score (nSPS) is 11.1. The molecule has 0 saturated heterocycles. The van der Waals surface area contributed by atoms with Crippen LogP contribution in [-0.2, 0) is 26.7 Å². The quantitative estimate of drug-likeness (QED) is 0.720. The van der Waals surface area contributed by atoms with E-state index in [0.717, 1.165) is 17.6 Å². The van der Waals surface area contributed by atoms with Crippen molar-refractivity contribution in [1.29, 1.82) is 0 Å². The molecular weight excluding hydrogens is 328 g/mol. The van der Waals surface area contributed by atoms with Gasteiger partial charge in [-0.05, 0) is 35.4 Å². The highest BCUT2D eigenvalue weighted by molar-refractivity contribution is 7.89. The summed E-state index contributed by atoms with van der Waals surface area (Å²) < 4.78 is 33.0. The highest BCUT2D eigenvalue weighted by Crippen LogP contribution is 2.13. The smallest absolute Gasteiger partial charge is 0.338 e. The summed E-state index contributed by atoms with van der Waals surface area (Å²) in [6, 6.07) is 14.0. The number of rotatable bonds is 7. The zero-order chi connectivity index (χ0) is 17.6. The minimum atomic E-state index is -3.14. The van der Waals surface area contributed by atoms with Crippen LogP contribution in [0.25, 0.3) is 0 Å². The molecule has 0 saturated carbocycles. The summed E-state index contributed by atoms with van der Waals surface area (Å²) in [5, 5.41) is 0. The van der Waals surface area contributed by atoms with E-state index in [9.17, 15) is 13.2 Å². The molecule has 0 spiro atoms. The van der Waals surface area contributed by atoms with Crippen molar-refractivity contribution in [3.63, 3.8) is 0 Å². The summed E-state index contributed by atoms with van der Waals surface area (Å²) in [6.45, 7) is 0.251. The van der Waals surface area contributed by atoms with E-state index in [1.807, 2.05) is 24.3 Å². The number of esters is 1. The fraction of sp³-hybridized carbons (Fsp3) is 0.278. The molecule has 0 amide bonds. The highest BCUT2D eigenvalue weighted by Gasteiger charge is 2.10. The Morgan fingerprint density at radius 3 is 2.38 bits per heavy atom. The predicted molar refractivity (Wildman–Crippen MR) is 92.0 cm³/mol. The number of carbonyl (C=O) groups is 1. The van der Waals surface area contributed by atoms with Crippen LogP contribution < -0.4 is 4.74 Å². The van der Waals surface area contributed by atoms with Crippen molar-refractivity contribution < 1.29 is 22.7 Å². The van der Waals surface area contributed by atoms with Gasteiger partial charge in [0.15, 0.2) is 9.84 Å². The molecule has 2 rings (SSSR count). The Bertz CT molecular complexity index is 794. The zero-order valence-electron chi connectivity index (χ0n) is 13.7. The van der Waals surface area contributed by atoms with Crippen LogP contribution in [0.2, 0.25) is 0 Å². The summed E-state index contributed by atoms with van der Waals surface area (Å²) in [5.41, 5.74) is 1.96. The first-order valence-corrected chi connectivity index (χ1v) is 9.50. The molecule has 128 valence electrons. The molecule has 0 atom stereocenters. The Labute approximate surface area is 142 Å². The molecule has 2 aromatic carbocycles. The molecule has 0 heterocycles. The van der Waals surface area contributed by atoms with Gasteiger partial charge in [-0.2, -0.15) is 0 Å². The van der Waals surface area contributed by atoms with Crippen molar-refractivity contribution in [3.05, 3.63) is 65.2 Å². The molecular formula is C18H20O5S. The first kappa shape index (κ1) is 18.0. The highest BCUT2D eigenvalue weighted by atomic mass is 32.2. The third-order valence-corrected chi connectivity index (χ3v) is 4.23. The minimum absolute atomic E-state index is 0.0973. The van der Waals surface area contributed by atoms with Crippen molar-refractivity contribution in [2.24, 2.45) is 0 Å². The summed E-state index contributed by atoms with van der Waals surface area (Å²) in [5.74, 6) is 0.220. The predicted octanol–water partition coefficient (Wildman–Crippen LogP) is 2.64. The van der Waals surface area contributed by atoms with E-state index in [1.54, 1.807) is 31.4 Å². The van der Waals surface area contributed by atoms with Gasteiger partial charge in [-0.25, -0.2) is 13.2 Å². The second kappa shape index (κ2) is 7.97. The van der Waals surface area contributed by atoms with E-state index in [4.69, 9.17) is 9.47 Å². The Hall–Kier alpha value is -2.34. The average Bonchev–Trinajstić information content (AvgIpc) is 2.54. The van der Waals surface area contributed by atoms with Gasteiger partial charge < -0.3 is 9.47 Å². The fourth-order valence-corrected chi connectivity index (χ4v) is 3.01. The number of hydrogen-bond acceptors (Lipinski definition) is 5. The van der Waals surface area contributed by atoms with Gasteiger partial charge in [-0.1, -0.05) is 24.3 Å². The average molecular weight is 348 g/mol. The van der Waals surface area contributed by atoms with Crippen LogP contribution >= 0.6 is 0 Å². The molecule has 0 bridgehead atoms. The number of benzene rings is 2. The number of carbonyl (C=O) groups excluding carboxylic acids is 1. The number of sulfone groups is 1. The molecule has 5 nitrogen and oxygen atoms in total. The molecule has 0 aromatic heterocycles. The summed E-state index contributed by atoms with van der Waals surface area (Å²) in [7, 11) is -1.53. The number of hydrogen-bond donors (Lipinski definition) is 0. The largest absolute Gasteiger partial charge is 0.497 e. The van der Waals surface area contributed by atoms with Crippen LogP contribution in [0.3, 0.4) is 0 Å². The van der Waals surface area contributed by atoms with E-state index in [-0.39, 0.29) is 12.4 Å². The van der Waals surface area contributed by atoms with Gasteiger partial charge in [0.05, 0.1) is 25.0 Å². The van der Waals surface area contributed by atoms with Crippen LogP contribution in [0.4, 0.5) is 0 Å². The van der Waals surface area contributed by atoms with Crippen molar-refractivity contribution >= 4 is 15.8 Å². The molecule has 24 heavy (non-hydrogen) atoms. The maximum Gasteiger partial charge on any atom is 0.338 e. The summed E-state index contributed by atoms with van der Waals surface area (Å²) >= 11 is 0. The first-order chi connectivity index (χ1) is 11.4. The van der Waals surface area contributed by atoms with E-state index < -0.39 is 15.8 Å². The van der Waals surface area contributed by atoms with Crippen molar-refractivity contribution in [2.75, 3.05) is 20.0 Å². The third-order valence-electron chi connectivity index (χ3n) is 3.37.